The number of anilines is 1. The van der Waals surface area contributed by atoms with Crippen molar-refractivity contribution in [1.82, 2.24) is 0 Å². The van der Waals surface area contributed by atoms with Gasteiger partial charge in [-0.2, -0.15) is 18.4 Å². The lowest BCUT2D eigenvalue weighted by molar-refractivity contribution is -0.119. The van der Waals surface area contributed by atoms with Gasteiger partial charge < -0.3 is 4.90 Å². The highest BCUT2D eigenvalue weighted by atomic mass is 79.9. The minimum atomic E-state index is -4.28. The molecule has 86 valence electrons. The summed E-state index contributed by atoms with van der Waals surface area (Å²) in [4.78, 5) is 1.00. The molecular weight excluding hydrogens is 285 g/mol. The molecule has 0 radical (unpaired) electrons. The maximum Gasteiger partial charge on any atom is 0.405 e. The quantitative estimate of drug-likeness (QED) is 0.836. The van der Waals surface area contributed by atoms with E-state index in [1.807, 2.05) is 6.07 Å². The molecular formula is C10H8BrF3N2. The van der Waals surface area contributed by atoms with E-state index < -0.39 is 12.7 Å². The second-order valence-electron chi connectivity index (χ2n) is 3.24. The molecule has 0 aliphatic carbocycles. The van der Waals surface area contributed by atoms with Crippen LogP contribution in [-0.2, 0) is 0 Å². The lowest BCUT2D eigenvalue weighted by atomic mass is 10.2. The van der Waals surface area contributed by atoms with Gasteiger partial charge in [-0.3, -0.25) is 0 Å². The Bertz CT molecular complexity index is 423. The van der Waals surface area contributed by atoms with Gasteiger partial charge in [-0.15, -0.1) is 0 Å². The van der Waals surface area contributed by atoms with Crippen LogP contribution in [0.1, 0.15) is 5.56 Å². The Kier molecular flexibility index (Phi) is 3.81. The van der Waals surface area contributed by atoms with Gasteiger partial charge in [0.2, 0.25) is 0 Å². The lowest BCUT2D eigenvalue weighted by Gasteiger charge is -2.21. The molecule has 0 aromatic heterocycles. The van der Waals surface area contributed by atoms with Crippen LogP contribution in [0.2, 0.25) is 0 Å². The number of alkyl halides is 3. The van der Waals surface area contributed by atoms with Gasteiger partial charge in [0.15, 0.2) is 0 Å². The number of hydrogen-bond donors (Lipinski definition) is 0. The maximum absolute atomic E-state index is 12.2. The summed E-state index contributed by atoms with van der Waals surface area (Å²) in [6, 6.07) is 6.43. The standard InChI is InChI=1S/C10H8BrF3N2/c1-16(6-10(12,13)14)9-3-2-8(11)4-7(9)5-15/h2-4H,6H2,1H3. The summed E-state index contributed by atoms with van der Waals surface area (Å²) in [5.74, 6) is 0. The van der Waals surface area contributed by atoms with Crippen LogP contribution in [0.5, 0.6) is 0 Å². The molecule has 1 aromatic carbocycles. The number of benzene rings is 1. The van der Waals surface area contributed by atoms with E-state index in [2.05, 4.69) is 15.9 Å². The molecule has 16 heavy (non-hydrogen) atoms. The predicted octanol–water partition coefficient (Wildman–Crippen LogP) is 3.32. The Morgan fingerprint density at radius 1 is 1.44 bits per heavy atom. The molecule has 0 amide bonds. The highest BCUT2D eigenvalue weighted by Gasteiger charge is 2.30. The number of nitriles is 1. The molecule has 0 fully saturated rings. The van der Waals surface area contributed by atoms with Crippen molar-refractivity contribution >= 4 is 21.6 Å². The Morgan fingerprint density at radius 3 is 2.56 bits per heavy atom. The lowest BCUT2D eigenvalue weighted by Crippen LogP contribution is -2.31. The maximum atomic E-state index is 12.2. The van der Waals surface area contributed by atoms with Gasteiger partial charge in [0.25, 0.3) is 0 Å². The SMILES string of the molecule is CN(CC(F)(F)F)c1ccc(Br)cc1C#N. The first kappa shape index (κ1) is 12.8. The molecule has 0 aliphatic rings. The third kappa shape index (κ3) is 3.42. The van der Waals surface area contributed by atoms with Crippen LogP contribution in [0.15, 0.2) is 22.7 Å². The molecule has 1 aromatic rings. The summed E-state index contributed by atoms with van der Waals surface area (Å²) >= 11 is 3.16. The Labute approximate surface area is 99.4 Å². The van der Waals surface area contributed by atoms with E-state index in [4.69, 9.17) is 5.26 Å². The number of nitrogens with zero attached hydrogens (tertiary/aromatic N) is 2. The van der Waals surface area contributed by atoms with Gasteiger partial charge in [-0.25, -0.2) is 0 Å². The van der Waals surface area contributed by atoms with Crippen LogP contribution >= 0.6 is 15.9 Å². The van der Waals surface area contributed by atoms with Crippen LogP contribution < -0.4 is 4.90 Å². The molecule has 0 N–H and O–H groups in total. The van der Waals surface area contributed by atoms with Gasteiger partial charge in [0, 0.05) is 11.5 Å². The number of rotatable bonds is 2. The van der Waals surface area contributed by atoms with Crippen molar-refractivity contribution in [3.8, 4) is 6.07 Å². The summed E-state index contributed by atoms with van der Waals surface area (Å²) < 4.78 is 37.2. The number of halogens is 4. The van der Waals surface area contributed by atoms with E-state index >= 15 is 0 Å². The van der Waals surface area contributed by atoms with Crippen molar-refractivity contribution in [3.63, 3.8) is 0 Å². The van der Waals surface area contributed by atoms with Crippen molar-refractivity contribution in [2.24, 2.45) is 0 Å². The van der Waals surface area contributed by atoms with E-state index in [1.165, 1.54) is 19.2 Å². The Morgan fingerprint density at radius 2 is 2.06 bits per heavy atom. The van der Waals surface area contributed by atoms with Gasteiger partial charge in [-0.1, -0.05) is 15.9 Å². The highest BCUT2D eigenvalue weighted by molar-refractivity contribution is 9.10. The van der Waals surface area contributed by atoms with Crippen molar-refractivity contribution in [3.05, 3.63) is 28.2 Å². The van der Waals surface area contributed by atoms with Crippen molar-refractivity contribution in [2.75, 3.05) is 18.5 Å². The first-order valence-corrected chi connectivity index (χ1v) is 5.10. The first-order valence-electron chi connectivity index (χ1n) is 4.31. The average Bonchev–Trinajstić information content (AvgIpc) is 2.14. The minimum Gasteiger partial charge on any atom is -0.365 e. The molecule has 2 nitrogen and oxygen atoms in total. The van der Waals surface area contributed by atoms with Crippen LogP contribution in [0.4, 0.5) is 18.9 Å². The van der Waals surface area contributed by atoms with E-state index in [9.17, 15) is 13.2 Å². The normalized spacial score (nSPS) is 11.0. The predicted molar refractivity (Wildman–Crippen MR) is 58.2 cm³/mol. The van der Waals surface area contributed by atoms with Gasteiger partial charge in [0.1, 0.15) is 12.6 Å². The minimum absolute atomic E-state index is 0.209. The molecule has 0 bridgehead atoms. The fraction of sp³-hybridized carbons (Fsp3) is 0.300. The zero-order valence-electron chi connectivity index (χ0n) is 8.35. The van der Waals surface area contributed by atoms with E-state index in [0.29, 0.717) is 4.47 Å². The molecule has 6 heteroatoms. The molecule has 0 aliphatic heterocycles. The smallest absolute Gasteiger partial charge is 0.365 e. The summed E-state index contributed by atoms with van der Waals surface area (Å²) in [6.07, 6.45) is -4.28. The molecule has 0 spiro atoms. The Hall–Kier alpha value is -1.22. The fourth-order valence-corrected chi connectivity index (χ4v) is 1.65. The molecule has 1 rings (SSSR count). The van der Waals surface area contributed by atoms with Crippen molar-refractivity contribution in [2.45, 2.75) is 6.18 Å². The second kappa shape index (κ2) is 4.74. The Balaban J connectivity index is 3.00. The fourth-order valence-electron chi connectivity index (χ4n) is 1.28. The van der Waals surface area contributed by atoms with Crippen LogP contribution in [0.3, 0.4) is 0 Å². The number of hydrogen-bond acceptors (Lipinski definition) is 2. The largest absolute Gasteiger partial charge is 0.405 e. The third-order valence-corrected chi connectivity index (χ3v) is 2.40. The van der Waals surface area contributed by atoms with E-state index in [1.54, 1.807) is 6.07 Å². The molecule has 0 heterocycles. The summed E-state index contributed by atoms with van der Waals surface area (Å²) in [5.41, 5.74) is 0.476. The molecule has 0 unspecified atom stereocenters. The highest BCUT2D eigenvalue weighted by Crippen LogP contribution is 2.26. The molecule has 0 saturated heterocycles. The van der Waals surface area contributed by atoms with Crippen molar-refractivity contribution in [1.29, 1.82) is 5.26 Å². The monoisotopic (exact) mass is 292 g/mol. The zero-order chi connectivity index (χ0) is 12.3. The van der Waals surface area contributed by atoms with Crippen LogP contribution in [-0.4, -0.2) is 19.8 Å². The molecule has 0 saturated carbocycles. The summed E-state index contributed by atoms with van der Waals surface area (Å²) in [7, 11) is 1.30. The van der Waals surface area contributed by atoms with Gasteiger partial charge in [-0.05, 0) is 18.2 Å². The molecule has 0 atom stereocenters. The summed E-state index contributed by atoms with van der Waals surface area (Å²) in [6.45, 7) is -1.08. The van der Waals surface area contributed by atoms with Crippen molar-refractivity contribution < 1.29 is 13.2 Å². The first-order chi connectivity index (χ1) is 7.33. The third-order valence-electron chi connectivity index (χ3n) is 1.91. The zero-order valence-corrected chi connectivity index (χ0v) is 9.93. The van der Waals surface area contributed by atoms with Crippen LogP contribution in [0.25, 0.3) is 0 Å². The topological polar surface area (TPSA) is 27.0 Å². The van der Waals surface area contributed by atoms with E-state index in [-0.39, 0.29) is 11.3 Å². The van der Waals surface area contributed by atoms with Gasteiger partial charge >= 0.3 is 6.18 Å². The van der Waals surface area contributed by atoms with Gasteiger partial charge in [0.05, 0.1) is 11.3 Å². The summed E-state index contributed by atoms with van der Waals surface area (Å²) in [5, 5.41) is 8.81. The average molecular weight is 293 g/mol. The van der Waals surface area contributed by atoms with Crippen LogP contribution in [0, 0.1) is 11.3 Å². The second-order valence-corrected chi connectivity index (χ2v) is 4.16. The van der Waals surface area contributed by atoms with E-state index in [0.717, 1.165) is 4.90 Å².